The fraction of sp³-hybridized carbons (Fsp3) is 0.200. The monoisotopic (exact) mass is 354 g/mol. The normalized spacial score (nSPS) is 12.3. The standard InChI is InChI=1S/C15H18N2O4S2/c1-12-2-8-15(9-3-12)23(20,21)17-10-13-4-6-14(7-5-13)11-22(16,18)19/h2-9,17H,10-11H2,1H3,(H2,16,18,19). The molecule has 0 atom stereocenters. The van der Waals surface area contributed by atoms with Crippen LogP contribution in [0.1, 0.15) is 16.7 Å². The van der Waals surface area contributed by atoms with Crippen molar-refractivity contribution >= 4 is 20.0 Å². The van der Waals surface area contributed by atoms with E-state index < -0.39 is 20.0 Å². The maximum absolute atomic E-state index is 12.2. The Bertz CT molecular complexity index is 872. The van der Waals surface area contributed by atoms with Crippen LogP contribution in [0.5, 0.6) is 0 Å². The molecule has 0 aromatic heterocycles. The summed E-state index contributed by atoms with van der Waals surface area (Å²) >= 11 is 0. The van der Waals surface area contributed by atoms with E-state index in [-0.39, 0.29) is 17.2 Å². The molecule has 0 fully saturated rings. The Hall–Kier alpha value is -1.74. The molecule has 0 radical (unpaired) electrons. The van der Waals surface area contributed by atoms with E-state index in [1.54, 1.807) is 48.5 Å². The maximum atomic E-state index is 12.2. The zero-order chi connectivity index (χ0) is 17.1. The first-order valence-electron chi connectivity index (χ1n) is 6.80. The van der Waals surface area contributed by atoms with Gasteiger partial charge < -0.3 is 0 Å². The summed E-state index contributed by atoms with van der Waals surface area (Å²) in [6.07, 6.45) is 0. The third kappa shape index (κ3) is 5.43. The number of aryl methyl sites for hydroxylation is 1. The van der Waals surface area contributed by atoms with Gasteiger partial charge in [0.25, 0.3) is 0 Å². The Morgan fingerprint density at radius 1 is 0.870 bits per heavy atom. The Kier molecular flexibility index (Phi) is 5.20. The second-order valence-corrected chi connectivity index (χ2v) is 8.64. The molecule has 0 aliphatic carbocycles. The van der Waals surface area contributed by atoms with Gasteiger partial charge in [0.05, 0.1) is 10.6 Å². The zero-order valence-corrected chi connectivity index (χ0v) is 14.2. The van der Waals surface area contributed by atoms with Gasteiger partial charge in [-0.15, -0.1) is 0 Å². The molecule has 2 aromatic carbocycles. The van der Waals surface area contributed by atoms with Crippen LogP contribution in [0.2, 0.25) is 0 Å². The van der Waals surface area contributed by atoms with E-state index in [0.717, 1.165) is 11.1 Å². The summed E-state index contributed by atoms with van der Waals surface area (Å²) in [5.41, 5.74) is 2.26. The van der Waals surface area contributed by atoms with E-state index in [9.17, 15) is 16.8 Å². The Morgan fingerprint density at radius 3 is 1.91 bits per heavy atom. The minimum absolute atomic E-state index is 0.117. The SMILES string of the molecule is Cc1ccc(S(=O)(=O)NCc2ccc(CS(N)(=O)=O)cc2)cc1. The third-order valence-electron chi connectivity index (χ3n) is 3.19. The molecule has 2 rings (SSSR count). The highest BCUT2D eigenvalue weighted by Crippen LogP contribution is 2.12. The van der Waals surface area contributed by atoms with Gasteiger partial charge in [0.1, 0.15) is 0 Å². The summed E-state index contributed by atoms with van der Waals surface area (Å²) in [4.78, 5) is 0.203. The van der Waals surface area contributed by atoms with Crippen molar-refractivity contribution in [3.8, 4) is 0 Å². The number of sulfonamides is 2. The predicted octanol–water partition coefficient (Wildman–Crippen LogP) is 1.26. The number of benzene rings is 2. The minimum atomic E-state index is -3.58. The first kappa shape index (κ1) is 17.6. The molecule has 0 bridgehead atoms. The van der Waals surface area contributed by atoms with E-state index in [4.69, 9.17) is 5.14 Å². The summed E-state index contributed by atoms with van der Waals surface area (Å²) < 4.78 is 48.9. The lowest BCUT2D eigenvalue weighted by Crippen LogP contribution is -2.23. The molecule has 0 saturated carbocycles. The number of hydrogen-bond acceptors (Lipinski definition) is 4. The first-order chi connectivity index (χ1) is 10.7. The Balaban J connectivity index is 2.04. The second-order valence-electron chi connectivity index (χ2n) is 5.26. The van der Waals surface area contributed by atoms with E-state index in [2.05, 4.69) is 4.72 Å². The molecular formula is C15H18N2O4S2. The quantitative estimate of drug-likeness (QED) is 0.814. The molecule has 0 amide bonds. The van der Waals surface area contributed by atoms with E-state index in [0.29, 0.717) is 5.56 Å². The molecule has 2 aromatic rings. The van der Waals surface area contributed by atoms with Gasteiger partial charge in [-0.05, 0) is 30.2 Å². The van der Waals surface area contributed by atoms with Crippen molar-refractivity contribution in [2.24, 2.45) is 5.14 Å². The van der Waals surface area contributed by atoms with Crippen molar-refractivity contribution in [1.82, 2.24) is 4.72 Å². The molecule has 6 nitrogen and oxygen atoms in total. The summed E-state index contributed by atoms with van der Waals surface area (Å²) in [7, 11) is -7.16. The molecule has 0 heterocycles. The fourth-order valence-electron chi connectivity index (χ4n) is 1.96. The number of nitrogens with one attached hydrogen (secondary N) is 1. The van der Waals surface area contributed by atoms with Crippen LogP contribution in [0.15, 0.2) is 53.4 Å². The summed E-state index contributed by atoms with van der Waals surface area (Å²) in [6.45, 7) is 2.00. The van der Waals surface area contributed by atoms with E-state index >= 15 is 0 Å². The van der Waals surface area contributed by atoms with Gasteiger partial charge in [-0.2, -0.15) is 0 Å². The van der Waals surface area contributed by atoms with Crippen LogP contribution in [0.4, 0.5) is 0 Å². The lowest BCUT2D eigenvalue weighted by molar-refractivity contribution is 0.581. The van der Waals surface area contributed by atoms with Crippen LogP contribution < -0.4 is 9.86 Å². The number of rotatable bonds is 6. The first-order valence-corrected chi connectivity index (χ1v) is 10.0. The van der Waals surface area contributed by atoms with Gasteiger partial charge in [-0.25, -0.2) is 26.7 Å². The Morgan fingerprint density at radius 2 is 1.39 bits per heavy atom. The lowest BCUT2D eigenvalue weighted by atomic mass is 10.1. The van der Waals surface area contributed by atoms with Crippen LogP contribution in [-0.2, 0) is 32.3 Å². The van der Waals surface area contributed by atoms with Crippen LogP contribution >= 0.6 is 0 Å². The minimum Gasteiger partial charge on any atom is -0.228 e. The molecule has 0 saturated heterocycles. The van der Waals surface area contributed by atoms with Crippen LogP contribution in [0.25, 0.3) is 0 Å². The second kappa shape index (κ2) is 6.79. The third-order valence-corrected chi connectivity index (χ3v) is 5.34. The number of primary sulfonamides is 1. The molecule has 3 N–H and O–H groups in total. The van der Waals surface area contributed by atoms with Gasteiger partial charge in [0.15, 0.2) is 0 Å². The predicted molar refractivity (Wildman–Crippen MR) is 88.5 cm³/mol. The van der Waals surface area contributed by atoms with Crippen LogP contribution in [0.3, 0.4) is 0 Å². The molecule has 23 heavy (non-hydrogen) atoms. The fourth-order valence-corrected chi connectivity index (χ4v) is 3.64. The average molecular weight is 354 g/mol. The average Bonchev–Trinajstić information content (AvgIpc) is 2.45. The Labute approximate surface area is 136 Å². The zero-order valence-electron chi connectivity index (χ0n) is 12.6. The van der Waals surface area contributed by atoms with E-state index in [1.165, 1.54) is 0 Å². The summed E-state index contributed by atoms with van der Waals surface area (Å²) in [5.74, 6) is -0.248. The molecule has 0 unspecified atom stereocenters. The molecule has 0 aliphatic heterocycles. The van der Waals surface area contributed by atoms with Crippen LogP contribution in [0, 0.1) is 6.92 Å². The summed E-state index contributed by atoms with van der Waals surface area (Å²) in [5, 5.41) is 4.98. The van der Waals surface area contributed by atoms with Crippen LogP contribution in [-0.4, -0.2) is 16.8 Å². The maximum Gasteiger partial charge on any atom is 0.240 e. The van der Waals surface area contributed by atoms with Crippen molar-refractivity contribution in [3.05, 3.63) is 65.2 Å². The van der Waals surface area contributed by atoms with Crippen molar-refractivity contribution in [3.63, 3.8) is 0 Å². The van der Waals surface area contributed by atoms with Gasteiger partial charge in [-0.3, -0.25) is 0 Å². The number of hydrogen-bond donors (Lipinski definition) is 2. The van der Waals surface area contributed by atoms with E-state index in [1.807, 2.05) is 6.92 Å². The molecule has 0 aliphatic rings. The molecule has 124 valence electrons. The molecular weight excluding hydrogens is 336 g/mol. The highest BCUT2D eigenvalue weighted by atomic mass is 32.2. The molecule has 8 heteroatoms. The van der Waals surface area contributed by atoms with Crippen molar-refractivity contribution in [2.75, 3.05) is 0 Å². The van der Waals surface area contributed by atoms with Gasteiger partial charge in [0.2, 0.25) is 20.0 Å². The topological polar surface area (TPSA) is 106 Å². The largest absolute Gasteiger partial charge is 0.240 e. The summed E-state index contributed by atoms with van der Waals surface area (Å²) in [6, 6.07) is 13.1. The van der Waals surface area contributed by atoms with Crippen molar-refractivity contribution in [2.45, 2.75) is 24.1 Å². The highest BCUT2D eigenvalue weighted by molar-refractivity contribution is 7.89. The lowest BCUT2D eigenvalue weighted by Gasteiger charge is -2.08. The van der Waals surface area contributed by atoms with Gasteiger partial charge >= 0.3 is 0 Å². The number of nitrogens with two attached hydrogens (primary N) is 1. The smallest absolute Gasteiger partial charge is 0.228 e. The molecule has 0 spiro atoms. The van der Waals surface area contributed by atoms with Crippen molar-refractivity contribution in [1.29, 1.82) is 0 Å². The highest BCUT2D eigenvalue weighted by Gasteiger charge is 2.13. The van der Waals surface area contributed by atoms with Gasteiger partial charge in [0, 0.05) is 6.54 Å². The van der Waals surface area contributed by atoms with Gasteiger partial charge in [-0.1, -0.05) is 42.0 Å². The van der Waals surface area contributed by atoms with Crippen molar-refractivity contribution < 1.29 is 16.8 Å².